The van der Waals surface area contributed by atoms with E-state index in [0.717, 1.165) is 13.2 Å². The molecule has 0 atom stereocenters. The first-order valence-corrected chi connectivity index (χ1v) is 4.52. The second-order valence-corrected chi connectivity index (χ2v) is 3.89. The van der Waals surface area contributed by atoms with Crippen LogP contribution in [0.3, 0.4) is 0 Å². The molecule has 1 nitrogen and oxygen atoms in total. The van der Waals surface area contributed by atoms with Crippen molar-refractivity contribution in [3.63, 3.8) is 0 Å². The van der Waals surface area contributed by atoms with Gasteiger partial charge in [-0.1, -0.05) is 26.0 Å². The molecule has 0 unspecified atom stereocenters. The van der Waals surface area contributed by atoms with Crippen molar-refractivity contribution in [2.45, 2.75) is 27.7 Å². The molecular weight excluding hydrogens is 148 g/mol. The van der Waals surface area contributed by atoms with Gasteiger partial charge >= 0.3 is 0 Å². The van der Waals surface area contributed by atoms with Gasteiger partial charge in [-0.2, -0.15) is 0 Å². The summed E-state index contributed by atoms with van der Waals surface area (Å²) in [6, 6.07) is 0. The van der Waals surface area contributed by atoms with Crippen LogP contribution in [0.25, 0.3) is 0 Å². The van der Waals surface area contributed by atoms with Crippen LogP contribution in [0.5, 0.6) is 0 Å². The largest absolute Gasteiger partial charge is 0.376 e. The van der Waals surface area contributed by atoms with E-state index in [0.29, 0.717) is 0 Å². The second-order valence-electron chi connectivity index (χ2n) is 3.89. The zero-order valence-corrected chi connectivity index (χ0v) is 8.48. The normalized spacial score (nSPS) is 29.7. The molecule has 0 saturated carbocycles. The van der Waals surface area contributed by atoms with Gasteiger partial charge in [-0.05, 0) is 25.0 Å². The monoisotopic (exact) mass is 166 g/mol. The fraction of sp³-hybridized carbons (Fsp3) is 0.636. The molecule has 1 fully saturated rings. The molecule has 1 heteroatoms. The summed E-state index contributed by atoms with van der Waals surface area (Å²) in [7, 11) is 0. The molecule has 0 bridgehead atoms. The van der Waals surface area contributed by atoms with Crippen LogP contribution in [0.1, 0.15) is 27.7 Å². The molecule has 68 valence electrons. The Morgan fingerprint density at radius 1 is 1.25 bits per heavy atom. The van der Waals surface area contributed by atoms with Gasteiger partial charge in [-0.15, -0.1) is 0 Å². The molecule has 0 N–H and O–H groups in total. The molecule has 0 aromatic rings. The number of hydrogen-bond acceptors (Lipinski definition) is 1. The molecule has 12 heavy (non-hydrogen) atoms. The molecule has 0 spiro atoms. The Morgan fingerprint density at radius 3 is 2.33 bits per heavy atom. The predicted octanol–water partition coefficient (Wildman–Crippen LogP) is 2.94. The lowest BCUT2D eigenvalue weighted by atomic mass is 9.79. The summed E-state index contributed by atoms with van der Waals surface area (Å²) in [5, 5.41) is 0. The van der Waals surface area contributed by atoms with Gasteiger partial charge in [-0.25, -0.2) is 0 Å². The summed E-state index contributed by atoms with van der Waals surface area (Å²) < 4.78 is 5.51. The summed E-state index contributed by atoms with van der Waals surface area (Å²) in [5.74, 6) is 0. The molecule has 1 aliphatic rings. The van der Waals surface area contributed by atoms with Crippen LogP contribution < -0.4 is 0 Å². The zero-order valence-electron chi connectivity index (χ0n) is 8.48. The van der Waals surface area contributed by atoms with Crippen molar-refractivity contribution >= 4 is 0 Å². The van der Waals surface area contributed by atoms with E-state index < -0.39 is 0 Å². The third kappa shape index (κ3) is 1.61. The third-order valence-electron chi connectivity index (χ3n) is 2.43. The molecule has 0 radical (unpaired) electrons. The van der Waals surface area contributed by atoms with Gasteiger partial charge in [0.1, 0.15) is 0 Å². The number of ether oxygens (including phenoxy) is 1. The molecule has 1 heterocycles. The zero-order chi connectivity index (χ0) is 9.19. The van der Waals surface area contributed by atoms with Crippen molar-refractivity contribution in [1.29, 1.82) is 0 Å². The van der Waals surface area contributed by atoms with Crippen molar-refractivity contribution in [3.05, 3.63) is 23.3 Å². The highest BCUT2D eigenvalue weighted by Gasteiger charge is 2.29. The maximum atomic E-state index is 5.51. The minimum Gasteiger partial charge on any atom is -0.376 e. The van der Waals surface area contributed by atoms with E-state index in [1.165, 1.54) is 11.1 Å². The average Bonchev–Trinajstić information content (AvgIpc) is 2.02. The van der Waals surface area contributed by atoms with E-state index in [2.05, 4.69) is 39.8 Å². The van der Waals surface area contributed by atoms with E-state index in [9.17, 15) is 0 Å². The van der Waals surface area contributed by atoms with Gasteiger partial charge in [0.05, 0.1) is 13.2 Å². The highest BCUT2D eigenvalue weighted by Crippen LogP contribution is 2.35. The van der Waals surface area contributed by atoms with E-state index in [1.54, 1.807) is 0 Å². The van der Waals surface area contributed by atoms with Gasteiger partial charge in [-0.3, -0.25) is 0 Å². The van der Waals surface area contributed by atoms with E-state index >= 15 is 0 Å². The maximum absolute atomic E-state index is 5.51. The summed E-state index contributed by atoms with van der Waals surface area (Å²) in [6.45, 7) is 10.2. The van der Waals surface area contributed by atoms with Crippen LogP contribution in [-0.4, -0.2) is 13.2 Å². The third-order valence-corrected chi connectivity index (χ3v) is 2.43. The van der Waals surface area contributed by atoms with Crippen LogP contribution in [0, 0.1) is 5.41 Å². The Morgan fingerprint density at radius 2 is 1.92 bits per heavy atom. The average molecular weight is 166 g/mol. The topological polar surface area (TPSA) is 9.23 Å². The standard InChI is InChI=1S/C11H18O/c1-5-9-7-12-8-11(3,4)10(9)6-2/h5-6H,7-8H2,1-4H3. The molecular formula is C11H18O. The first kappa shape index (κ1) is 9.53. The van der Waals surface area contributed by atoms with Crippen molar-refractivity contribution in [2.75, 3.05) is 13.2 Å². The number of rotatable bonds is 0. The Balaban J connectivity index is 2.97. The summed E-state index contributed by atoms with van der Waals surface area (Å²) >= 11 is 0. The first-order chi connectivity index (χ1) is 5.61. The van der Waals surface area contributed by atoms with Crippen LogP contribution >= 0.6 is 0 Å². The van der Waals surface area contributed by atoms with Crippen molar-refractivity contribution < 1.29 is 4.74 Å². The molecule has 1 aliphatic heterocycles. The van der Waals surface area contributed by atoms with Gasteiger partial charge in [0.25, 0.3) is 0 Å². The van der Waals surface area contributed by atoms with Crippen molar-refractivity contribution in [3.8, 4) is 0 Å². The highest BCUT2D eigenvalue weighted by molar-refractivity contribution is 5.37. The Labute approximate surface area is 75.1 Å². The highest BCUT2D eigenvalue weighted by atomic mass is 16.5. The molecule has 0 aromatic heterocycles. The lowest BCUT2D eigenvalue weighted by Gasteiger charge is -2.34. The van der Waals surface area contributed by atoms with Crippen LogP contribution in [-0.2, 0) is 4.74 Å². The minimum absolute atomic E-state index is 0.189. The quantitative estimate of drug-likeness (QED) is 0.537. The lowest BCUT2D eigenvalue weighted by Crippen LogP contribution is -2.29. The second kappa shape index (κ2) is 3.44. The van der Waals surface area contributed by atoms with Gasteiger partial charge in [0.15, 0.2) is 0 Å². The van der Waals surface area contributed by atoms with Crippen LogP contribution in [0.15, 0.2) is 23.3 Å². The van der Waals surface area contributed by atoms with Gasteiger partial charge < -0.3 is 4.74 Å². The first-order valence-electron chi connectivity index (χ1n) is 4.52. The summed E-state index contributed by atoms with van der Waals surface area (Å²) in [6.07, 6.45) is 4.36. The Bertz CT molecular complexity index is 221. The lowest BCUT2D eigenvalue weighted by molar-refractivity contribution is 0.0742. The fourth-order valence-corrected chi connectivity index (χ4v) is 1.82. The Hall–Kier alpha value is -0.560. The van der Waals surface area contributed by atoms with E-state index in [1.807, 2.05) is 0 Å². The van der Waals surface area contributed by atoms with Gasteiger partial charge in [0.2, 0.25) is 0 Å². The number of hydrogen-bond donors (Lipinski definition) is 0. The Kier molecular flexibility index (Phi) is 2.73. The fourth-order valence-electron chi connectivity index (χ4n) is 1.82. The van der Waals surface area contributed by atoms with E-state index in [4.69, 9.17) is 4.74 Å². The molecule has 0 amide bonds. The smallest absolute Gasteiger partial charge is 0.0716 e. The summed E-state index contributed by atoms with van der Waals surface area (Å²) in [4.78, 5) is 0. The SMILES string of the molecule is CC=C1COCC(C)(C)C1=CC. The molecule has 0 aliphatic carbocycles. The van der Waals surface area contributed by atoms with Crippen molar-refractivity contribution in [1.82, 2.24) is 0 Å². The predicted molar refractivity (Wildman–Crippen MR) is 52.1 cm³/mol. The minimum atomic E-state index is 0.189. The van der Waals surface area contributed by atoms with Crippen molar-refractivity contribution in [2.24, 2.45) is 5.41 Å². The molecule has 0 aromatic carbocycles. The summed E-state index contributed by atoms with van der Waals surface area (Å²) in [5.41, 5.74) is 2.97. The molecule has 1 saturated heterocycles. The number of allylic oxidation sites excluding steroid dienone is 2. The maximum Gasteiger partial charge on any atom is 0.0716 e. The van der Waals surface area contributed by atoms with E-state index in [-0.39, 0.29) is 5.41 Å². The molecule has 1 rings (SSSR count). The van der Waals surface area contributed by atoms with Crippen LogP contribution in [0.2, 0.25) is 0 Å². The van der Waals surface area contributed by atoms with Crippen LogP contribution in [0.4, 0.5) is 0 Å². The van der Waals surface area contributed by atoms with Gasteiger partial charge in [0, 0.05) is 5.41 Å².